The lowest BCUT2D eigenvalue weighted by atomic mass is 10.2. The van der Waals surface area contributed by atoms with E-state index in [1.807, 2.05) is 4.90 Å². The van der Waals surface area contributed by atoms with E-state index in [9.17, 15) is 4.39 Å². The van der Waals surface area contributed by atoms with Gasteiger partial charge in [0.05, 0.1) is 5.69 Å². The number of aliphatic hydroxyl groups is 1. The monoisotopic (exact) mass is 374 g/mol. The maximum Gasteiger partial charge on any atom is 0.209 e. The standard InChI is InChI=1S/C19H27FN6O/c1-13(2)12-26-18(23-14(3)22-9-6-10-27)17(11-21)25-19(26)24-16-8-5-4-7-15(16)20/h4-5,7-8,11,13,22,27H,3,6,9-10,12,21H2,1-2H3,(H,24,25)/b17-11+,23-18+. The van der Waals surface area contributed by atoms with Crippen molar-refractivity contribution in [2.45, 2.75) is 20.3 Å². The second-order valence-corrected chi connectivity index (χ2v) is 6.48. The Morgan fingerprint density at radius 3 is 2.81 bits per heavy atom. The van der Waals surface area contributed by atoms with Gasteiger partial charge >= 0.3 is 0 Å². The largest absolute Gasteiger partial charge is 0.403 e. The molecule has 1 heterocycles. The molecule has 2 rings (SSSR count). The molecule has 0 atom stereocenters. The number of amidine groups is 1. The number of guanidine groups is 1. The molecule has 1 aliphatic rings. The van der Waals surface area contributed by atoms with Crippen LogP contribution in [0.5, 0.6) is 0 Å². The summed E-state index contributed by atoms with van der Waals surface area (Å²) in [5.74, 6) is 1.35. The molecule has 8 heteroatoms. The van der Waals surface area contributed by atoms with E-state index in [-0.39, 0.29) is 12.4 Å². The fraction of sp³-hybridized carbons (Fsp3) is 0.368. The summed E-state index contributed by atoms with van der Waals surface area (Å²) in [6.07, 6.45) is 1.96. The fourth-order valence-corrected chi connectivity index (χ4v) is 2.49. The summed E-state index contributed by atoms with van der Waals surface area (Å²) >= 11 is 0. The maximum atomic E-state index is 14.0. The first-order valence-electron chi connectivity index (χ1n) is 8.88. The molecule has 0 fully saturated rings. The molecule has 1 aromatic rings. The molecular weight excluding hydrogens is 347 g/mol. The molecule has 7 nitrogen and oxygen atoms in total. The lowest BCUT2D eigenvalue weighted by molar-refractivity contribution is 0.288. The smallest absolute Gasteiger partial charge is 0.209 e. The number of halogens is 1. The highest BCUT2D eigenvalue weighted by Crippen LogP contribution is 2.21. The molecule has 0 amide bonds. The number of benzene rings is 1. The van der Waals surface area contributed by atoms with Crippen LogP contribution in [0, 0.1) is 11.7 Å². The zero-order chi connectivity index (χ0) is 19.8. The van der Waals surface area contributed by atoms with Crippen molar-refractivity contribution >= 4 is 17.5 Å². The molecular formula is C19H27FN6O. The third-order valence-electron chi connectivity index (χ3n) is 3.70. The molecule has 0 saturated carbocycles. The molecule has 0 spiro atoms. The molecule has 1 aromatic carbocycles. The van der Waals surface area contributed by atoms with Gasteiger partial charge in [-0.2, -0.15) is 0 Å². The summed E-state index contributed by atoms with van der Waals surface area (Å²) in [7, 11) is 0. The second kappa shape index (κ2) is 9.72. The number of nitrogens with one attached hydrogen (secondary N) is 2. The minimum absolute atomic E-state index is 0.0874. The summed E-state index contributed by atoms with van der Waals surface area (Å²) in [5.41, 5.74) is 6.53. The SMILES string of the molecule is C=C(/N=C1\C(=C/N)N=C(Nc2ccccc2F)N1CC(C)C)NCCCO. The van der Waals surface area contributed by atoms with E-state index in [1.54, 1.807) is 18.2 Å². The van der Waals surface area contributed by atoms with Gasteiger partial charge in [0.15, 0.2) is 5.84 Å². The van der Waals surface area contributed by atoms with Crippen LogP contribution in [0.4, 0.5) is 10.1 Å². The summed E-state index contributed by atoms with van der Waals surface area (Å²) in [4.78, 5) is 10.8. The predicted molar refractivity (Wildman–Crippen MR) is 108 cm³/mol. The Morgan fingerprint density at radius 2 is 2.19 bits per heavy atom. The van der Waals surface area contributed by atoms with Gasteiger partial charge in [0, 0.05) is 25.9 Å². The first kappa shape index (κ1) is 20.4. The summed E-state index contributed by atoms with van der Waals surface area (Å²) in [5, 5.41) is 14.9. The van der Waals surface area contributed by atoms with E-state index in [0.29, 0.717) is 54.4 Å². The topological polar surface area (TPSA) is 98.3 Å². The first-order chi connectivity index (χ1) is 13.0. The van der Waals surface area contributed by atoms with Gasteiger partial charge in [-0.25, -0.2) is 14.4 Å². The Morgan fingerprint density at radius 1 is 1.44 bits per heavy atom. The van der Waals surface area contributed by atoms with E-state index >= 15 is 0 Å². The van der Waals surface area contributed by atoms with Crippen molar-refractivity contribution < 1.29 is 9.50 Å². The number of aliphatic imine (C=N–C) groups is 2. The van der Waals surface area contributed by atoms with Gasteiger partial charge in [0.25, 0.3) is 0 Å². The van der Waals surface area contributed by atoms with Gasteiger partial charge in [0.1, 0.15) is 17.3 Å². The van der Waals surface area contributed by atoms with Crippen LogP contribution in [0.25, 0.3) is 0 Å². The normalized spacial score (nSPS) is 16.9. The molecule has 0 aliphatic carbocycles. The van der Waals surface area contributed by atoms with Crippen LogP contribution in [0.2, 0.25) is 0 Å². The zero-order valence-corrected chi connectivity index (χ0v) is 15.7. The Kier molecular flexibility index (Phi) is 7.36. The quantitative estimate of drug-likeness (QED) is 0.523. The van der Waals surface area contributed by atoms with E-state index < -0.39 is 0 Å². The molecule has 0 saturated heterocycles. The van der Waals surface area contributed by atoms with Gasteiger partial charge in [-0.3, -0.25) is 4.90 Å². The Labute approximate surface area is 159 Å². The van der Waals surface area contributed by atoms with Crippen LogP contribution in [0.1, 0.15) is 20.3 Å². The Hall–Kier alpha value is -2.87. The zero-order valence-electron chi connectivity index (χ0n) is 15.7. The first-order valence-corrected chi connectivity index (χ1v) is 8.88. The number of rotatable bonds is 8. The number of hydrogen-bond acceptors (Lipinski definition) is 6. The van der Waals surface area contributed by atoms with Crippen molar-refractivity contribution in [2.75, 3.05) is 25.0 Å². The van der Waals surface area contributed by atoms with Gasteiger partial charge < -0.3 is 21.5 Å². The highest BCUT2D eigenvalue weighted by molar-refractivity contribution is 6.18. The highest BCUT2D eigenvalue weighted by Gasteiger charge is 2.29. The van der Waals surface area contributed by atoms with E-state index in [0.717, 1.165) is 0 Å². The minimum atomic E-state index is -0.372. The molecule has 27 heavy (non-hydrogen) atoms. The number of hydrogen-bond donors (Lipinski definition) is 4. The molecule has 1 aliphatic heterocycles. The van der Waals surface area contributed by atoms with E-state index in [4.69, 9.17) is 10.8 Å². The van der Waals surface area contributed by atoms with E-state index in [1.165, 1.54) is 12.3 Å². The van der Waals surface area contributed by atoms with Gasteiger partial charge in [0.2, 0.25) is 5.96 Å². The molecule has 0 unspecified atom stereocenters. The van der Waals surface area contributed by atoms with Crippen molar-refractivity contribution in [1.29, 1.82) is 0 Å². The summed E-state index contributed by atoms with van der Waals surface area (Å²) in [6, 6.07) is 6.40. The number of nitrogens with two attached hydrogens (primary N) is 1. The average molecular weight is 374 g/mol. The van der Waals surface area contributed by atoms with Crippen LogP contribution in [0.15, 0.2) is 58.5 Å². The molecule has 5 N–H and O–H groups in total. The second-order valence-electron chi connectivity index (χ2n) is 6.48. The van der Waals surface area contributed by atoms with Crippen molar-refractivity contribution in [3.8, 4) is 0 Å². The Balaban J connectivity index is 2.28. The van der Waals surface area contributed by atoms with Crippen LogP contribution < -0.4 is 16.4 Å². The molecule has 146 valence electrons. The Bertz CT molecular complexity index is 756. The van der Waals surface area contributed by atoms with Crippen molar-refractivity contribution in [2.24, 2.45) is 21.6 Å². The third-order valence-corrected chi connectivity index (χ3v) is 3.70. The number of aliphatic hydroxyl groups excluding tert-OH is 1. The van der Waals surface area contributed by atoms with Crippen molar-refractivity contribution in [1.82, 2.24) is 10.2 Å². The lowest BCUT2D eigenvalue weighted by Gasteiger charge is -2.24. The fourth-order valence-electron chi connectivity index (χ4n) is 2.49. The van der Waals surface area contributed by atoms with Gasteiger partial charge in [-0.1, -0.05) is 32.6 Å². The van der Waals surface area contributed by atoms with Crippen molar-refractivity contribution in [3.05, 3.63) is 54.4 Å². The summed E-state index contributed by atoms with van der Waals surface area (Å²) in [6.45, 7) is 9.28. The molecule has 0 radical (unpaired) electrons. The number of nitrogens with zero attached hydrogens (tertiary/aromatic N) is 3. The highest BCUT2D eigenvalue weighted by atomic mass is 19.1. The van der Waals surface area contributed by atoms with Gasteiger partial charge in [-0.15, -0.1) is 0 Å². The van der Waals surface area contributed by atoms with E-state index in [2.05, 4.69) is 41.0 Å². The maximum absolute atomic E-state index is 14.0. The van der Waals surface area contributed by atoms with Crippen LogP contribution >= 0.6 is 0 Å². The minimum Gasteiger partial charge on any atom is -0.403 e. The summed E-state index contributed by atoms with van der Waals surface area (Å²) < 4.78 is 14.0. The number of para-hydroxylation sites is 1. The van der Waals surface area contributed by atoms with Crippen LogP contribution in [0.3, 0.4) is 0 Å². The van der Waals surface area contributed by atoms with Crippen LogP contribution in [-0.2, 0) is 0 Å². The lowest BCUT2D eigenvalue weighted by Crippen LogP contribution is -2.39. The van der Waals surface area contributed by atoms with Crippen molar-refractivity contribution in [3.63, 3.8) is 0 Å². The van der Waals surface area contributed by atoms with Gasteiger partial charge in [-0.05, 0) is 24.5 Å². The number of anilines is 1. The molecule has 0 bridgehead atoms. The predicted octanol–water partition coefficient (Wildman–Crippen LogP) is 2.21. The van der Waals surface area contributed by atoms with Crippen LogP contribution in [-0.4, -0.2) is 41.5 Å². The molecule has 0 aromatic heterocycles. The third kappa shape index (κ3) is 5.55. The average Bonchev–Trinajstić information content (AvgIpc) is 2.93.